The van der Waals surface area contributed by atoms with Crippen molar-refractivity contribution in [3.8, 4) is 0 Å². The molecular formula is C12H15NO. The molecule has 2 bridgehead atoms. The van der Waals surface area contributed by atoms with Crippen molar-refractivity contribution in [3.05, 3.63) is 35.9 Å². The van der Waals surface area contributed by atoms with Crippen molar-refractivity contribution in [2.75, 3.05) is 13.2 Å². The molecule has 0 saturated carbocycles. The third kappa shape index (κ3) is 1.45. The van der Waals surface area contributed by atoms with E-state index in [0.29, 0.717) is 12.1 Å². The summed E-state index contributed by atoms with van der Waals surface area (Å²) in [5, 5.41) is 0. The molecule has 2 nitrogen and oxygen atoms in total. The van der Waals surface area contributed by atoms with Gasteiger partial charge in [0.25, 0.3) is 0 Å². The number of nitrogens with zero attached hydrogens (tertiary/aromatic N) is 1. The summed E-state index contributed by atoms with van der Waals surface area (Å²) in [6, 6.07) is 11.4. The van der Waals surface area contributed by atoms with E-state index in [2.05, 4.69) is 35.2 Å². The smallest absolute Gasteiger partial charge is 0.0718 e. The predicted octanol–water partition coefficient (Wildman–Crippen LogP) is 1.66. The fourth-order valence-corrected chi connectivity index (χ4v) is 2.49. The van der Waals surface area contributed by atoms with Crippen molar-refractivity contribution >= 4 is 0 Å². The summed E-state index contributed by atoms with van der Waals surface area (Å²) in [5.41, 5.74) is 1.42. The zero-order valence-electron chi connectivity index (χ0n) is 8.23. The molecule has 2 aliphatic rings. The van der Waals surface area contributed by atoms with Crippen molar-refractivity contribution < 1.29 is 4.74 Å². The number of hydrogen-bond donors (Lipinski definition) is 0. The number of benzene rings is 1. The van der Waals surface area contributed by atoms with Crippen molar-refractivity contribution in [1.82, 2.24) is 4.90 Å². The Labute approximate surface area is 84.5 Å². The van der Waals surface area contributed by atoms with E-state index in [0.717, 1.165) is 19.7 Å². The van der Waals surface area contributed by atoms with Crippen LogP contribution in [0.2, 0.25) is 0 Å². The summed E-state index contributed by atoms with van der Waals surface area (Å²) in [6.07, 6.45) is 1.76. The fourth-order valence-electron chi connectivity index (χ4n) is 2.49. The largest absolute Gasteiger partial charge is 0.375 e. The highest BCUT2D eigenvalue weighted by molar-refractivity contribution is 5.15. The minimum absolute atomic E-state index is 0.517. The monoisotopic (exact) mass is 189 g/mol. The van der Waals surface area contributed by atoms with E-state index >= 15 is 0 Å². The minimum atomic E-state index is 0.517. The molecule has 0 aromatic heterocycles. The van der Waals surface area contributed by atoms with Gasteiger partial charge in [0, 0.05) is 19.1 Å². The lowest BCUT2D eigenvalue weighted by Crippen LogP contribution is -2.36. The van der Waals surface area contributed by atoms with E-state index in [1.54, 1.807) is 0 Å². The number of morpholine rings is 1. The Morgan fingerprint density at radius 1 is 1.29 bits per heavy atom. The molecule has 0 N–H and O–H groups in total. The molecule has 3 rings (SSSR count). The number of ether oxygens (including phenoxy) is 1. The topological polar surface area (TPSA) is 12.5 Å². The van der Waals surface area contributed by atoms with Crippen molar-refractivity contribution in [3.63, 3.8) is 0 Å². The van der Waals surface area contributed by atoms with E-state index in [4.69, 9.17) is 4.74 Å². The normalized spacial score (nSPS) is 31.1. The van der Waals surface area contributed by atoms with Crippen LogP contribution in [-0.2, 0) is 11.3 Å². The maximum absolute atomic E-state index is 5.58. The van der Waals surface area contributed by atoms with Crippen molar-refractivity contribution in [1.29, 1.82) is 0 Å². The van der Waals surface area contributed by atoms with E-state index in [1.807, 2.05) is 0 Å². The van der Waals surface area contributed by atoms with Gasteiger partial charge in [-0.25, -0.2) is 0 Å². The van der Waals surface area contributed by atoms with Crippen molar-refractivity contribution in [2.45, 2.75) is 25.1 Å². The van der Waals surface area contributed by atoms with Gasteiger partial charge in [-0.05, 0) is 12.0 Å². The summed E-state index contributed by atoms with van der Waals surface area (Å²) in [4.78, 5) is 2.55. The summed E-state index contributed by atoms with van der Waals surface area (Å²) in [5.74, 6) is 0. The highest BCUT2D eigenvalue weighted by atomic mass is 16.5. The van der Waals surface area contributed by atoms with Gasteiger partial charge < -0.3 is 4.74 Å². The van der Waals surface area contributed by atoms with E-state index < -0.39 is 0 Å². The third-order valence-electron chi connectivity index (χ3n) is 3.24. The first-order chi connectivity index (χ1) is 6.92. The van der Waals surface area contributed by atoms with Gasteiger partial charge in [-0.2, -0.15) is 0 Å². The fraction of sp³-hybridized carbons (Fsp3) is 0.500. The highest BCUT2D eigenvalue weighted by Crippen LogP contribution is 2.28. The standard InChI is InChI=1S/C12H15NO/c1-2-4-10(5-3-1)7-13-8-12-6-11(13)9-14-12/h1-5,11-12H,6-9H2/t11-,12-/m0/s1. The van der Waals surface area contributed by atoms with Gasteiger partial charge in [-0.3, -0.25) is 4.90 Å². The van der Waals surface area contributed by atoms with Gasteiger partial charge in [0.05, 0.1) is 12.7 Å². The van der Waals surface area contributed by atoms with Gasteiger partial charge in [-0.1, -0.05) is 30.3 Å². The molecule has 0 spiro atoms. The number of rotatable bonds is 2. The second-order valence-electron chi connectivity index (χ2n) is 4.26. The minimum Gasteiger partial charge on any atom is -0.375 e. The molecule has 2 heterocycles. The molecule has 1 aromatic carbocycles. The molecule has 1 aromatic rings. The van der Waals surface area contributed by atoms with Crippen LogP contribution in [0.15, 0.2) is 30.3 Å². The maximum atomic E-state index is 5.58. The predicted molar refractivity (Wildman–Crippen MR) is 55.0 cm³/mol. The molecule has 74 valence electrons. The summed E-state index contributed by atoms with van der Waals surface area (Å²) in [7, 11) is 0. The molecule has 2 heteroatoms. The molecule has 0 radical (unpaired) electrons. The molecule has 0 unspecified atom stereocenters. The highest BCUT2D eigenvalue weighted by Gasteiger charge is 2.38. The summed E-state index contributed by atoms with van der Waals surface area (Å²) < 4.78 is 5.58. The zero-order chi connectivity index (χ0) is 9.38. The Morgan fingerprint density at radius 3 is 2.79 bits per heavy atom. The zero-order valence-corrected chi connectivity index (χ0v) is 8.23. The average Bonchev–Trinajstić information content (AvgIpc) is 2.81. The SMILES string of the molecule is c1ccc(CN2C[C@@H]3C[C@H]2CO3)cc1. The Hall–Kier alpha value is -0.860. The summed E-state index contributed by atoms with van der Waals surface area (Å²) >= 11 is 0. The first-order valence-corrected chi connectivity index (χ1v) is 5.31. The number of likely N-dealkylation sites (tertiary alicyclic amines) is 1. The number of fused-ring (bicyclic) bond motifs is 2. The van der Waals surface area contributed by atoms with Crippen LogP contribution in [0.25, 0.3) is 0 Å². The second kappa shape index (κ2) is 3.37. The van der Waals surface area contributed by atoms with Gasteiger partial charge in [0.2, 0.25) is 0 Å². The van der Waals surface area contributed by atoms with Gasteiger partial charge in [0.15, 0.2) is 0 Å². The van der Waals surface area contributed by atoms with Gasteiger partial charge in [-0.15, -0.1) is 0 Å². The molecule has 14 heavy (non-hydrogen) atoms. The summed E-state index contributed by atoms with van der Waals surface area (Å²) in [6.45, 7) is 3.16. The Morgan fingerprint density at radius 2 is 2.14 bits per heavy atom. The van der Waals surface area contributed by atoms with Crippen LogP contribution in [0.1, 0.15) is 12.0 Å². The molecule has 0 aliphatic carbocycles. The van der Waals surface area contributed by atoms with Crippen LogP contribution in [-0.4, -0.2) is 30.2 Å². The lowest BCUT2D eigenvalue weighted by molar-refractivity contribution is 0.0273. The average molecular weight is 189 g/mol. The van der Waals surface area contributed by atoms with Crippen LogP contribution in [0, 0.1) is 0 Å². The lowest BCUT2D eigenvalue weighted by Gasteiger charge is -2.26. The molecule has 2 atom stereocenters. The molecule has 2 aliphatic heterocycles. The van der Waals surface area contributed by atoms with Crippen LogP contribution >= 0.6 is 0 Å². The van der Waals surface area contributed by atoms with Crippen LogP contribution in [0.4, 0.5) is 0 Å². The first-order valence-electron chi connectivity index (χ1n) is 5.31. The third-order valence-corrected chi connectivity index (χ3v) is 3.24. The van der Waals surface area contributed by atoms with Gasteiger partial charge in [0.1, 0.15) is 0 Å². The second-order valence-corrected chi connectivity index (χ2v) is 4.26. The molecule has 2 fully saturated rings. The Bertz CT molecular complexity index is 311. The van der Waals surface area contributed by atoms with Gasteiger partial charge >= 0.3 is 0 Å². The maximum Gasteiger partial charge on any atom is 0.0718 e. The van der Waals surface area contributed by atoms with Crippen LogP contribution in [0.5, 0.6) is 0 Å². The molecule has 0 amide bonds. The first kappa shape index (κ1) is 8.45. The molecule has 2 saturated heterocycles. The quantitative estimate of drug-likeness (QED) is 0.701. The van der Waals surface area contributed by atoms with Crippen LogP contribution < -0.4 is 0 Å². The molecular weight excluding hydrogens is 174 g/mol. The number of hydrogen-bond acceptors (Lipinski definition) is 2. The lowest BCUT2D eigenvalue weighted by atomic mass is 10.2. The Kier molecular flexibility index (Phi) is 2.03. The van der Waals surface area contributed by atoms with E-state index in [1.165, 1.54) is 12.0 Å². The van der Waals surface area contributed by atoms with Crippen LogP contribution in [0.3, 0.4) is 0 Å². The van der Waals surface area contributed by atoms with E-state index in [-0.39, 0.29) is 0 Å². The Balaban J connectivity index is 1.69. The van der Waals surface area contributed by atoms with E-state index in [9.17, 15) is 0 Å². The van der Waals surface area contributed by atoms with Crippen molar-refractivity contribution in [2.24, 2.45) is 0 Å².